The van der Waals surface area contributed by atoms with Crippen LogP contribution in [0.15, 0.2) is 55.0 Å². The summed E-state index contributed by atoms with van der Waals surface area (Å²) in [5, 5.41) is 3.19. The van der Waals surface area contributed by atoms with Gasteiger partial charge in [-0.25, -0.2) is 0 Å². The molecule has 0 saturated carbocycles. The van der Waals surface area contributed by atoms with Crippen LogP contribution in [0, 0.1) is 0 Å². The number of fused-ring (bicyclic) bond motifs is 1. The van der Waals surface area contributed by atoms with Crippen molar-refractivity contribution in [2.24, 2.45) is 0 Å². The number of hydrogen-bond acceptors (Lipinski definition) is 6. The van der Waals surface area contributed by atoms with Crippen LogP contribution in [0.3, 0.4) is 0 Å². The summed E-state index contributed by atoms with van der Waals surface area (Å²) in [4.78, 5) is 20.5. The number of nitrogens with zero attached hydrogens (tertiary/aromatic N) is 2. The maximum absolute atomic E-state index is 13.4. The van der Waals surface area contributed by atoms with Gasteiger partial charge in [-0.3, -0.25) is 9.78 Å². The molecule has 0 aromatic carbocycles. The van der Waals surface area contributed by atoms with Crippen LogP contribution in [0.4, 0.5) is 5.69 Å². The third-order valence-corrected chi connectivity index (χ3v) is 6.24. The van der Waals surface area contributed by atoms with Crippen molar-refractivity contribution in [2.75, 3.05) is 32.2 Å². The molecule has 7 heteroatoms. The summed E-state index contributed by atoms with van der Waals surface area (Å²) in [6.45, 7) is 16.7. The number of anilines is 1. The molecule has 3 heterocycles. The lowest BCUT2D eigenvalue weighted by Crippen LogP contribution is -2.39. The smallest absolute Gasteiger partial charge is 0.264 e. The summed E-state index contributed by atoms with van der Waals surface area (Å²) >= 11 is 1.41. The number of thiophene rings is 1. The largest absolute Gasteiger partial charge is 0.498 e. The van der Waals surface area contributed by atoms with E-state index in [1.165, 1.54) is 11.3 Å². The van der Waals surface area contributed by atoms with E-state index >= 15 is 0 Å². The van der Waals surface area contributed by atoms with Gasteiger partial charge in [-0.2, -0.15) is 0 Å². The molecule has 0 fully saturated rings. The molecule has 1 atom stereocenters. The first-order chi connectivity index (χ1) is 15.9. The number of carbonyl (C=O) groups is 1. The van der Waals surface area contributed by atoms with Crippen LogP contribution in [0.25, 0.3) is 16.0 Å². The third kappa shape index (κ3) is 5.85. The molecule has 178 valence electrons. The van der Waals surface area contributed by atoms with E-state index in [0.29, 0.717) is 30.3 Å². The minimum Gasteiger partial charge on any atom is -0.498 e. The van der Waals surface area contributed by atoms with Crippen LogP contribution in [0.2, 0.25) is 0 Å². The van der Waals surface area contributed by atoms with Crippen molar-refractivity contribution in [3.05, 3.63) is 65.4 Å². The molecule has 0 saturated heterocycles. The molecule has 6 nitrogen and oxygen atoms in total. The Bertz CT molecular complexity index is 1070. The summed E-state index contributed by atoms with van der Waals surface area (Å²) in [6, 6.07) is 1.74. The highest BCUT2D eigenvalue weighted by Gasteiger charge is 2.27. The van der Waals surface area contributed by atoms with Crippen molar-refractivity contribution >= 4 is 38.9 Å². The molecule has 33 heavy (non-hydrogen) atoms. The Kier molecular flexibility index (Phi) is 9.73. The van der Waals surface area contributed by atoms with E-state index in [1.54, 1.807) is 12.3 Å². The zero-order chi connectivity index (χ0) is 24.5. The Labute approximate surface area is 201 Å². The molecule has 1 aliphatic heterocycles. The fourth-order valence-corrected chi connectivity index (χ4v) is 4.88. The van der Waals surface area contributed by atoms with Crippen molar-refractivity contribution in [1.29, 1.82) is 0 Å². The predicted octanol–water partition coefficient (Wildman–Crippen LogP) is 5.93. The highest BCUT2D eigenvalue weighted by atomic mass is 32.1. The fraction of sp³-hybridized carbons (Fsp3) is 0.385. The highest BCUT2D eigenvalue weighted by Crippen LogP contribution is 2.40. The minimum absolute atomic E-state index is 0.135. The maximum atomic E-state index is 13.4. The zero-order valence-electron chi connectivity index (χ0n) is 20.5. The van der Waals surface area contributed by atoms with E-state index in [0.717, 1.165) is 32.8 Å². The summed E-state index contributed by atoms with van der Waals surface area (Å²) < 4.78 is 12.2. The monoisotopic (exact) mass is 469 g/mol. The number of pyridine rings is 1. The first-order valence-electron chi connectivity index (χ1n) is 11.2. The number of aromatic nitrogens is 1. The van der Waals surface area contributed by atoms with E-state index < -0.39 is 0 Å². The Hall–Kier alpha value is -3.06. The van der Waals surface area contributed by atoms with Crippen molar-refractivity contribution in [3.63, 3.8) is 0 Å². The van der Waals surface area contributed by atoms with Gasteiger partial charge in [0.2, 0.25) is 0 Å². The number of carbonyl (C=O) groups excluding carboxylic acids is 1. The van der Waals surface area contributed by atoms with Crippen LogP contribution in [-0.2, 0) is 9.47 Å². The Morgan fingerprint density at radius 1 is 1.42 bits per heavy atom. The lowest BCUT2D eigenvalue weighted by atomic mass is 10.00. The van der Waals surface area contributed by atoms with E-state index in [4.69, 9.17) is 9.47 Å². The third-order valence-electron chi connectivity index (χ3n) is 5.04. The van der Waals surface area contributed by atoms with E-state index in [-0.39, 0.29) is 11.9 Å². The van der Waals surface area contributed by atoms with Gasteiger partial charge in [0.15, 0.2) is 0 Å². The normalized spacial score (nSPS) is 15.5. The Morgan fingerprint density at radius 3 is 2.79 bits per heavy atom. The number of hydrogen-bond donors (Lipinski definition) is 1. The molecule has 1 aliphatic rings. The molecule has 3 rings (SSSR count). The van der Waals surface area contributed by atoms with E-state index in [9.17, 15) is 4.79 Å². The number of rotatable bonds is 8. The lowest BCUT2D eigenvalue weighted by Gasteiger charge is -2.27. The van der Waals surface area contributed by atoms with Crippen LogP contribution >= 0.6 is 11.3 Å². The first kappa shape index (κ1) is 26.2. The molecule has 1 N–H and O–H groups in total. The lowest BCUT2D eigenvalue weighted by molar-refractivity contribution is 0.0929. The van der Waals surface area contributed by atoms with Crippen LogP contribution < -0.4 is 10.2 Å². The van der Waals surface area contributed by atoms with Gasteiger partial charge in [-0.1, -0.05) is 45.2 Å². The second-order valence-corrected chi connectivity index (χ2v) is 8.36. The Balaban J connectivity index is 0.00000187. The molecule has 0 bridgehead atoms. The van der Waals surface area contributed by atoms with E-state index in [1.807, 2.05) is 64.9 Å². The van der Waals surface area contributed by atoms with Crippen molar-refractivity contribution in [1.82, 2.24) is 10.3 Å². The maximum Gasteiger partial charge on any atom is 0.264 e. The SMILES string of the molecule is C=C/C=C\C1=C(C)OCCC1NC(=O)c1sc2c(C(=C)OCC)ccnc2c1N(C)C.CC. The highest BCUT2D eigenvalue weighted by molar-refractivity contribution is 7.21. The molecule has 2 aromatic rings. The molecule has 1 amide bonds. The molecular formula is C26H35N3O3S. The quantitative estimate of drug-likeness (QED) is 0.383. The van der Waals surface area contributed by atoms with Gasteiger partial charge in [0, 0.05) is 37.8 Å². The average Bonchev–Trinajstić information content (AvgIpc) is 3.20. The van der Waals surface area contributed by atoms with Gasteiger partial charge in [-0.05, 0) is 19.9 Å². The summed E-state index contributed by atoms with van der Waals surface area (Å²) in [5.74, 6) is 1.26. The van der Waals surface area contributed by atoms with Gasteiger partial charge in [-0.15, -0.1) is 11.3 Å². The topological polar surface area (TPSA) is 63.7 Å². The van der Waals surface area contributed by atoms with Gasteiger partial charge in [0.05, 0.1) is 35.4 Å². The first-order valence-corrected chi connectivity index (χ1v) is 12.0. The molecule has 0 aliphatic carbocycles. The number of allylic oxidation sites excluding steroid dienone is 3. The van der Waals surface area contributed by atoms with Crippen molar-refractivity contribution < 1.29 is 14.3 Å². The average molecular weight is 470 g/mol. The van der Waals surface area contributed by atoms with Gasteiger partial charge < -0.3 is 19.7 Å². The second kappa shape index (κ2) is 12.3. The molecule has 1 unspecified atom stereocenters. The number of amides is 1. The van der Waals surface area contributed by atoms with Crippen molar-refractivity contribution in [3.8, 4) is 0 Å². The standard InChI is InChI=1S/C24H29N3O3S.C2H6/c1-7-9-10-17-15(3)30-14-12-19(17)26-24(28)23-21(27(5)6)20-22(31-23)18(11-13-25-20)16(4)29-8-2;1-2/h7,9-11,13,19H,1,4,8,12,14H2,2-3,5-6H3,(H,26,28);1-2H3/b10-9-;. The second-order valence-electron chi connectivity index (χ2n) is 7.34. The minimum atomic E-state index is -0.136. The molecule has 0 spiro atoms. The Morgan fingerprint density at radius 2 is 2.15 bits per heavy atom. The number of ether oxygens (including phenoxy) is 2. The summed E-state index contributed by atoms with van der Waals surface area (Å²) in [6.07, 6.45) is 7.93. The fourth-order valence-electron chi connectivity index (χ4n) is 3.61. The summed E-state index contributed by atoms with van der Waals surface area (Å²) in [7, 11) is 3.83. The van der Waals surface area contributed by atoms with Crippen LogP contribution in [0.1, 0.15) is 49.4 Å². The van der Waals surface area contributed by atoms with Crippen LogP contribution in [-0.4, -0.2) is 44.2 Å². The molecule has 0 radical (unpaired) electrons. The van der Waals surface area contributed by atoms with Gasteiger partial charge in [0.25, 0.3) is 5.91 Å². The van der Waals surface area contributed by atoms with Crippen LogP contribution in [0.5, 0.6) is 0 Å². The van der Waals surface area contributed by atoms with E-state index in [2.05, 4.69) is 23.5 Å². The summed E-state index contributed by atoms with van der Waals surface area (Å²) in [5.41, 5.74) is 3.37. The number of nitrogens with one attached hydrogen (secondary N) is 1. The van der Waals surface area contributed by atoms with Crippen molar-refractivity contribution in [2.45, 2.75) is 40.2 Å². The zero-order valence-corrected chi connectivity index (χ0v) is 21.3. The van der Waals surface area contributed by atoms with Gasteiger partial charge >= 0.3 is 0 Å². The van der Waals surface area contributed by atoms with Gasteiger partial charge in [0.1, 0.15) is 16.2 Å². The molecular weight excluding hydrogens is 434 g/mol. The molecule has 2 aromatic heterocycles. The predicted molar refractivity (Wildman–Crippen MR) is 140 cm³/mol.